The first-order valence-electron chi connectivity index (χ1n) is 8.34. The second-order valence-electron chi connectivity index (χ2n) is 6.37. The zero-order chi connectivity index (χ0) is 18.7. The topological polar surface area (TPSA) is 35.1 Å². The van der Waals surface area contributed by atoms with E-state index in [-0.39, 0.29) is 11.9 Å². The van der Waals surface area contributed by atoms with Gasteiger partial charge in [0.15, 0.2) is 11.0 Å². The molecule has 0 aliphatic rings. The summed E-state index contributed by atoms with van der Waals surface area (Å²) in [5.74, 6) is 1.35. The van der Waals surface area contributed by atoms with Crippen molar-refractivity contribution in [3.8, 4) is 5.69 Å². The summed E-state index contributed by atoms with van der Waals surface area (Å²) in [6.07, 6.45) is 0. The molecule has 1 N–H and O–H groups in total. The highest BCUT2D eigenvalue weighted by Gasteiger charge is 2.23. The lowest BCUT2D eigenvalue weighted by Gasteiger charge is -2.18. The van der Waals surface area contributed by atoms with Crippen molar-refractivity contribution in [3.05, 3.63) is 70.8 Å². The van der Waals surface area contributed by atoms with Gasteiger partial charge in [-0.25, -0.2) is 4.39 Å². The SMILES string of the molecule is C[C@H](c1nnc(SCc2ccc(Cl)cc2)n1-c1ccc(F)cc1)[NH+](C)C. The first-order valence-corrected chi connectivity index (χ1v) is 9.70. The van der Waals surface area contributed by atoms with Gasteiger partial charge in [0.2, 0.25) is 0 Å². The van der Waals surface area contributed by atoms with Gasteiger partial charge in [0, 0.05) is 16.5 Å². The van der Waals surface area contributed by atoms with Gasteiger partial charge in [-0.3, -0.25) is 4.57 Å². The minimum absolute atomic E-state index is 0.150. The highest BCUT2D eigenvalue weighted by atomic mass is 35.5. The van der Waals surface area contributed by atoms with Crippen molar-refractivity contribution in [2.45, 2.75) is 23.9 Å². The fraction of sp³-hybridized carbons (Fsp3) is 0.263. The van der Waals surface area contributed by atoms with Crippen LogP contribution in [0.3, 0.4) is 0 Å². The molecule has 0 bridgehead atoms. The van der Waals surface area contributed by atoms with E-state index in [2.05, 4.69) is 31.2 Å². The molecule has 1 atom stereocenters. The number of benzene rings is 2. The second-order valence-corrected chi connectivity index (χ2v) is 7.75. The number of aromatic nitrogens is 3. The van der Waals surface area contributed by atoms with Gasteiger partial charge in [0.1, 0.15) is 11.9 Å². The number of rotatable bonds is 6. The summed E-state index contributed by atoms with van der Waals surface area (Å²) in [5, 5.41) is 10.3. The third-order valence-corrected chi connectivity index (χ3v) is 5.53. The number of thioether (sulfide) groups is 1. The Morgan fingerprint density at radius 3 is 2.35 bits per heavy atom. The van der Waals surface area contributed by atoms with Gasteiger partial charge >= 0.3 is 0 Å². The van der Waals surface area contributed by atoms with E-state index in [0.29, 0.717) is 0 Å². The van der Waals surface area contributed by atoms with E-state index >= 15 is 0 Å². The van der Waals surface area contributed by atoms with E-state index in [1.807, 2.05) is 28.8 Å². The van der Waals surface area contributed by atoms with Gasteiger partial charge in [0.05, 0.1) is 14.1 Å². The number of hydrogen-bond donors (Lipinski definition) is 1. The molecule has 0 spiro atoms. The fourth-order valence-electron chi connectivity index (χ4n) is 2.47. The van der Waals surface area contributed by atoms with Gasteiger partial charge in [-0.05, 0) is 48.9 Å². The maximum absolute atomic E-state index is 13.4. The van der Waals surface area contributed by atoms with Crippen LogP contribution in [0.1, 0.15) is 24.4 Å². The molecule has 3 aromatic rings. The lowest BCUT2D eigenvalue weighted by molar-refractivity contribution is -0.890. The Bertz CT molecular complexity index is 862. The summed E-state index contributed by atoms with van der Waals surface area (Å²) < 4.78 is 15.4. The predicted molar refractivity (Wildman–Crippen MR) is 104 cm³/mol. The van der Waals surface area contributed by atoms with Crippen LogP contribution in [0, 0.1) is 5.82 Å². The molecular weight excluding hydrogens is 371 g/mol. The minimum atomic E-state index is -0.259. The van der Waals surface area contributed by atoms with Crippen LogP contribution in [0.15, 0.2) is 53.7 Å². The molecule has 0 saturated heterocycles. The average molecular weight is 392 g/mol. The van der Waals surface area contributed by atoms with E-state index in [1.54, 1.807) is 23.9 Å². The van der Waals surface area contributed by atoms with Crippen molar-refractivity contribution in [2.24, 2.45) is 0 Å². The Morgan fingerprint density at radius 2 is 1.73 bits per heavy atom. The average Bonchev–Trinajstić information content (AvgIpc) is 3.05. The lowest BCUT2D eigenvalue weighted by Crippen LogP contribution is -3.05. The molecule has 0 unspecified atom stereocenters. The molecule has 0 amide bonds. The fourth-order valence-corrected chi connectivity index (χ4v) is 3.52. The molecule has 0 radical (unpaired) electrons. The molecular formula is C19H21ClFN4S+. The Morgan fingerprint density at radius 1 is 1.08 bits per heavy atom. The van der Waals surface area contributed by atoms with E-state index < -0.39 is 0 Å². The van der Waals surface area contributed by atoms with E-state index in [4.69, 9.17) is 11.6 Å². The number of quaternary nitrogens is 1. The second kappa shape index (κ2) is 8.20. The summed E-state index contributed by atoms with van der Waals surface area (Å²) in [6.45, 7) is 2.10. The molecule has 4 nitrogen and oxygen atoms in total. The lowest BCUT2D eigenvalue weighted by atomic mass is 10.2. The normalized spacial score (nSPS) is 12.5. The van der Waals surface area contributed by atoms with E-state index in [0.717, 1.165) is 33.0 Å². The molecule has 1 aromatic heterocycles. The minimum Gasteiger partial charge on any atom is -0.331 e. The zero-order valence-corrected chi connectivity index (χ0v) is 16.5. The van der Waals surface area contributed by atoms with Crippen molar-refractivity contribution < 1.29 is 9.29 Å². The molecule has 0 fully saturated rings. The van der Waals surface area contributed by atoms with Crippen LogP contribution < -0.4 is 4.90 Å². The molecule has 0 aliphatic carbocycles. The van der Waals surface area contributed by atoms with Crippen molar-refractivity contribution in [1.82, 2.24) is 14.8 Å². The molecule has 136 valence electrons. The van der Waals surface area contributed by atoms with Crippen molar-refractivity contribution in [3.63, 3.8) is 0 Å². The summed E-state index contributed by atoms with van der Waals surface area (Å²) >= 11 is 7.55. The molecule has 7 heteroatoms. The Labute approximate surface area is 162 Å². The van der Waals surface area contributed by atoms with E-state index in [1.165, 1.54) is 17.0 Å². The van der Waals surface area contributed by atoms with Gasteiger partial charge < -0.3 is 4.90 Å². The van der Waals surface area contributed by atoms with Crippen LogP contribution in [0.4, 0.5) is 4.39 Å². The number of halogens is 2. The van der Waals surface area contributed by atoms with Crippen LogP contribution >= 0.6 is 23.4 Å². The molecule has 2 aromatic carbocycles. The standard InChI is InChI=1S/C19H20ClFN4S/c1-13(24(2)3)18-22-23-19(25(18)17-10-8-16(21)9-11-17)26-12-14-4-6-15(20)7-5-14/h4-11,13H,12H2,1-3H3/p+1/t13-/m1/s1. The van der Waals surface area contributed by atoms with Gasteiger partial charge in [-0.1, -0.05) is 35.5 Å². The Balaban J connectivity index is 1.93. The summed E-state index contributed by atoms with van der Waals surface area (Å²) in [4.78, 5) is 1.25. The number of nitrogens with one attached hydrogen (secondary N) is 1. The third kappa shape index (κ3) is 4.26. The molecule has 0 saturated carbocycles. The first kappa shape index (κ1) is 18.9. The maximum Gasteiger partial charge on any atom is 0.196 e. The monoisotopic (exact) mass is 391 g/mol. The Hall–Kier alpha value is -1.89. The maximum atomic E-state index is 13.4. The van der Waals surface area contributed by atoms with Crippen molar-refractivity contribution in [2.75, 3.05) is 14.1 Å². The zero-order valence-electron chi connectivity index (χ0n) is 14.9. The first-order chi connectivity index (χ1) is 12.5. The molecule has 1 heterocycles. The molecule has 26 heavy (non-hydrogen) atoms. The largest absolute Gasteiger partial charge is 0.331 e. The molecule has 0 aliphatic heterocycles. The third-order valence-electron chi connectivity index (χ3n) is 4.28. The summed E-state index contributed by atoms with van der Waals surface area (Å²) in [5.41, 5.74) is 2.01. The van der Waals surface area contributed by atoms with E-state index in [9.17, 15) is 4.39 Å². The van der Waals surface area contributed by atoms with Crippen molar-refractivity contribution >= 4 is 23.4 Å². The Kier molecular flexibility index (Phi) is 5.96. The number of hydrogen-bond acceptors (Lipinski definition) is 3. The van der Waals surface area contributed by atoms with Crippen molar-refractivity contribution in [1.29, 1.82) is 0 Å². The van der Waals surface area contributed by atoms with Gasteiger partial charge in [0.25, 0.3) is 0 Å². The number of nitrogens with zero attached hydrogens (tertiary/aromatic N) is 3. The summed E-state index contributed by atoms with van der Waals surface area (Å²) in [6, 6.07) is 14.3. The van der Waals surface area contributed by atoms with Crippen LogP contribution in [0.25, 0.3) is 5.69 Å². The highest BCUT2D eigenvalue weighted by Crippen LogP contribution is 2.27. The van der Waals surface area contributed by atoms with Gasteiger partial charge in [-0.15, -0.1) is 10.2 Å². The van der Waals surface area contributed by atoms with Crippen LogP contribution in [0.5, 0.6) is 0 Å². The van der Waals surface area contributed by atoms with Crippen LogP contribution in [0.2, 0.25) is 5.02 Å². The van der Waals surface area contributed by atoms with Crippen LogP contribution in [-0.2, 0) is 5.75 Å². The smallest absolute Gasteiger partial charge is 0.196 e. The summed E-state index contributed by atoms with van der Waals surface area (Å²) in [7, 11) is 4.16. The quantitative estimate of drug-likeness (QED) is 0.652. The van der Waals surface area contributed by atoms with Crippen LogP contribution in [-0.4, -0.2) is 28.9 Å². The highest BCUT2D eigenvalue weighted by molar-refractivity contribution is 7.98. The van der Waals surface area contributed by atoms with Gasteiger partial charge in [-0.2, -0.15) is 0 Å². The molecule has 3 rings (SSSR count). The predicted octanol–water partition coefficient (Wildman–Crippen LogP) is 3.56.